The molecule has 0 spiro atoms. The molecular formula is C12H19NO2. The van der Waals surface area contributed by atoms with Crippen LogP contribution in [-0.2, 0) is 0 Å². The second-order valence-corrected chi connectivity index (χ2v) is 3.74. The smallest absolute Gasteiger partial charge is 0.119 e. The van der Waals surface area contributed by atoms with Crippen molar-refractivity contribution >= 4 is 0 Å². The Kier molecular flexibility index (Phi) is 4.59. The van der Waals surface area contributed by atoms with E-state index in [1.54, 1.807) is 6.92 Å². The molecule has 0 aliphatic carbocycles. The van der Waals surface area contributed by atoms with Crippen LogP contribution in [0.1, 0.15) is 31.9 Å². The summed E-state index contributed by atoms with van der Waals surface area (Å²) in [4.78, 5) is 0. The molecule has 0 aromatic heterocycles. The number of ether oxygens (including phenoxy) is 1. The van der Waals surface area contributed by atoms with Gasteiger partial charge in [-0.15, -0.1) is 0 Å². The molecule has 1 aromatic carbocycles. The molecule has 1 aromatic rings. The third kappa shape index (κ3) is 3.90. The number of hydrogen-bond donors (Lipinski definition) is 2. The summed E-state index contributed by atoms with van der Waals surface area (Å²) in [5.74, 6) is 0.767. The first kappa shape index (κ1) is 12.0. The quantitative estimate of drug-likeness (QED) is 0.778. The molecule has 0 heterocycles. The zero-order chi connectivity index (χ0) is 11.3. The van der Waals surface area contributed by atoms with Gasteiger partial charge in [-0.25, -0.2) is 0 Å². The minimum atomic E-state index is -0.442. The molecule has 3 N–H and O–H groups in total. The number of rotatable bonds is 5. The Morgan fingerprint density at radius 2 is 1.93 bits per heavy atom. The van der Waals surface area contributed by atoms with Crippen molar-refractivity contribution in [2.75, 3.05) is 6.61 Å². The van der Waals surface area contributed by atoms with Crippen LogP contribution in [0.3, 0.4) is 0 Å². The molecule has 2 atom stereocenters. The van der Waals surface area contributed by atoms with Crippen LogP contribution in [-0.4, -0.2) is 17.8 Å². The fourth-order valence-corrected chi connectivity index (χ4v) is 1.26. The summed E-state index contributed by atoms with van der Waals surface area (Å²) in [5, 5.41) is 9.05. The van der Waals surface area contributed by atoms with Crippen molar-refractivity contribution in [1.82, 2.24) is 0 Å². The lowest BCUT2D eigenvalue weighted by Gasteiger charge is -2.11. The van der Waals surface area contributed by atoms with Crippen LogP contribution in [0.15, 0.2) is 24.3 Å². The van der Waals surface area contributed by atoms with Crippen molar-refractivity contribution in [2.45, 2.75) is 32.4 Å². The Balaban J connectivity index is 2.56. The summed E-state index contributed by atoms with van der Waals surface area (Å²) in [6.07, 6.45) is 0.482. The standard InChI is InChI=1S/C12H19NO2/c1-3-12(13)10-4-6-11(7-5-10)15-8-9(2)14/h4-7,9,12,14H,3,8,13H2,1-2H3. The van der Waals surface area contributed by atoms with Gasteiger partial charge < -0.3 is 15.6 Å². The summed E-state index contributed by atoms with van der Waals surface area (Å²) < 4.78 is 5.34. The molecule has 0 aliphatic heterocycles. The monoisotopic (exact) mass is 209 g/mol. The molecule has 0 fully saturated rings. The molecule has 0 aliphatic rings. The topological polar surface area (TPSA) is 55.5 Å². The van der Waals surface area contributed by atoms with E-state index in [9.17, 15) is 0 Å². The average Bonchev–Trinajstić information content (AvgIpc) is 2.26. The van der Waals surface area contributed by atoms with Crippen molar-refractivity contribution in [3.63, 3.8) is 0 Å². The Morgan fingerprint density at radius 1 is 1.33 bits per heavy atom. The highest BCUT2D eigenvalue weighted by Crippen LogP contribution is 2.18. The van der Waals surface area contributed by atoms with Crippen molar-refractivity contribution in [3.8, 4) is 5.75 Å². The van der Waals surface area contributed by atoms with Crippen LogP contribution in [0.5, 0.6) is 5.75 Å². The van der Waals surface area contributed by atoms with Crippen molar-refractivity contribution in [2.24, 2.45) is 5.73 Å². The van der Waals surface area contributed by atoms with Gasteiger partial charge in [0.2, 0.25) is 0 Å². The lowest BCUT2D eigenvalue weighted by atomic mass is 10.1. The third-order valence-corrected chi connectivity index (χ3v) is 2.24. The Hall–Kier alpha value is -1.06. The van der Waals surface area contributed by atoms with Gasteiger partial charge in [-0.1, -0.05) is 19.1 Å². The van der Waals surface area contributed by atoms with E-state index >= 15 is 0 Å². The van der Waals surface area contributed by atoms with Gasteiger partial charge >= 0.3 is 0 Å². The second kappa shape index (κ2) is 5.73. The lowest BCUT2D eigenvalue weighted by Crippen LogP contribution is -2.13. The molecule has 0 saturated carbocycles. The van der Waals surface area contributed by atoms with E-state index in [1.165, 1.54) is 0 Å². The molecule has 3 heteroatoms. The maximum atomic E-state index is 9.05. The van der Waals surface area contributed by atoms with Gasteiger partial charge in [0.25, 0.3) is 0 Å². The molecule has 0 radical (unpaired) electrons. The average molecular weight is 209 g/mol. The largest absolute Gasteiger partial charge is 0.491 e. The van der Waals surface area contributed by atoms with Crippen LogP contribution in [0.2, 0.25) is 0 Å². The highest BCUT2D eigenvalue weighted by atomic mass is 16.5. The molecule has 1 rings (SSSR count). The van der Waals surface area contributed by atoms with Gasteiger partial charge in [0.15, 0.2) is 0 Å². The van der Waals surface area contributed by atoms with Crippen LogP contribution in [0, 0.1) is 0 Å². The second-order valence-electron chi connectivity index (χ2n) is 3.74. The number of hydrogen-bond acceptors (Lipinski definition) is 3. The summed E-state index contributed by atoms with van der Waals surface area (Å²) in [6.45, 7) is 4.07. The maximum absolute atomic E-state index is 9.05. The highest BCUT2D eigenvalue weighted by Gasteiger charge is 2.03. The molecule has 0 saturated heterocycles. The number of benzene rings is 1. The molecule has 2 unspecified atom stereocenters. The summed E-state index contributed by atoms with van der Waals surface area (Å²) in [6, 6.07) is 7.79. The van der Waals surface area contributed by atoms with Gasteiger partial charge in [0.1, 0.15) is 12.4 Å². The predicted octanol–water partition coefficient (Wildman–Crippen LogP) is 1.86. The Labute approximate surface area is 90.9 Å². The number of aliphatic hydroxyl groups is 1. The molecular weight excluding hydrogens is 190 g/mol. The van der Waals surface area contributed by atoms with Gasteiger partial charge in [-0.3, -0.25) is 0 Å². The normalized spacial score (nSPS) is 14.7. The predicted molar refractivity (Wildman–Crippen MR) is 60.8 cm³/mol. The van der Waals surface area contributed by atoms with Crippen LogP contribution >= 0.6 is 0 Å². The zero-order valence-electron chi connectivity index (χ0n) is 9.31. The minimum absolute atomic E-state index is 0.0933. The molecule has 0 bridgehead atoms. The molecule has 15 heavy (non-hydrogen) atoms. The van der Waals surface area contributed by atoms with E-state index in [2.05, 4.69) is 6.92 Å². The van der Waals surface area contributed by atoms with Crippen LogP contribution < -0.4 is 10.5 Å². The summed E-state index contributed by atoms with van der Waals surface area (Å²) in [5.41, 5.74) is 7.00. The first-order chi connectivity index (χ1) is 7.13. The Bertz CT molecular complexity index is 282. The van der Waals surface area contributed by atoms with Gasteiger partial charge in [-0.05, 0) is 31.0 Å². The minimum Gasteiger partial charge on any atom is -0.491 e. The third-order valence-electron chi connectivity index (χ3n) is 2.24. The van der Waals surface area contributed by atoms with E-state index in [4.69, 9.17) is 15.6 Å². The van der Waals surface area contributed by atoms with E-state index in [-0.39, 0.29) is 6.04 Å². The lowest BCUT2D eigenvalue weighted by molar-refractivity contribution is 0.122. The molecule has 3 nitrogen and oxygen atoms in total. The molecule has 84 valence electrons. The summed E-state index contributed by atoms with van der Waals surface area (Å²) >= 11 is 0. The van der Waals surface area contributed by atoms with Crippen LogP contribution in [0.4, 0.5) is 0 Å². The van der Waals surface area contributed by atoms with Gasteiger partial charge in [0.05, 0.1) is 6.10 Å². The number of aliphatic hydroxyl groups excluding tert-OH is 1. The fourth-order valence-electron chi connectivity index (χ4n) is 1.26. The van der Waals surface area contributed by atoms with Crippen LogP contribution in [0.25, 0.3) is 0 Å². The number of nitrogens with two attached hydrogens (primary N) is 1. The molecule has 0 amide bonds. The van der Waals surface area contributed by atoms with E-state index in [1.807, 2.05) is 24.3 Å². The first-order valence-electron chi connectivity index (χ1n) is 5.30. The van der Waals surface area contributed by atoms with E-state index in [0.717, 1.165) is 17.7 Å². The van der Waals surface area contributed by atoms with Crippen molar-refractivity contribution in [1.29, 1.82) is 0 Å². The highest BCUT2D eigenvalue weighted by molar-refractivity contribution is 5.28. The van der Waals surface area contributed by atoms with E-state index < -0.39 is 6.10 Å². The van der Waals surface area contributed by atoms with Gasteiger partial charge in [-0.2, -0.15) is 0 Å². The SMILES string of the molecule is CCC(N)c1ccc(OCC(C)O)cc1. The fraction of sp³-hybridized carbons (Fsp3) is 0.500. The Morgan fingerprint density at radius 3 is 2.40 bits per heavy atom. The van der Waals surface area contributed by atoms with Gasteiger partial charge in [0, 0.05) is 6.04 Å². The van der Waals surface area contributed by atoms with E-state index in [0.29, 0.717) is 6.61 Å². The van der Waals surface area contributed by atoms with Crippen molar-refractivity contribution < 1.29 is 9.84 Å². The van der Waals surface area contributed by atoms with Crippen molar-refractivity contribution in [3.05, 3.63) is 29.8 Å². The summed E-state index contributed by atoms with van der Waals surface area (Å²) in [7, 11) is 0. The maximum Gasteiger partial charge on any atom is 0.119 e. The first-order valence-corrected chi connectivity index (χ1v) is 5.30. The zero-order valence-corrected chi connectivity index (χ0v) is 9.31.